The number of esters is 1. The van der Waals surface area contributed by atoms with Gasteiger partial charge in [0.05, 0.1) is 19.8 Å². The fraction of sp³-hybridized carbons (Fsp3) is 0.889. The molecule has 0 aromatic rings. The van der Waals surface area contributed by atoms with Crippen LogP contribution in [0.5, 0.6) is 0 Å². The Morgan fingerprint density at radius 3 is 3.08 bits per heavy atom. The fourth-order valence-corrected chi connectivity index (χ4v) is 1.35. The van der Waals surface area contributed by atoms with E-state index in [9.17, 15) is 4.79 Å². The summed E-state index contributed by atoms with van der Waals surface area (Å²) in [7, 11) is 0. The van der Waals surface area contributed by atoms with E-state index < -0.39 is 0 Å². The highest BCUT2D eigenvalue weighted by atomic mass is 16.5. The smallest absolute Gasteiger partial charge is 0.320 e. The van der Waals surface area contributed by atoms with Gasteiger partial charge in [0.2, 0.25) is 0 Å². The van der Waals surface area contributed by atoms with E-state index in [1.807, 2.05) is 6.92 Å². The lowest BCUT2D eigenvalue weighted by Crippen LogP contribution is -2.33. The summed E-state index contributed by atoms with van der Waals surface area (Å²) >= 11 is 0. The van der Waals surface area contributed by atoms with E-state index in [0.29, 0.717) is 13.2 Å². The number of carbonyl (C=O) groups excluding carboxylic acids is 1. The molecule has 0 bridgehead atoms. The summed E-state index contributed by atoms with van der Waals surface area (Å²) in [5, 5.41) is 0. The lowest BCUT2D eigenvalue weighted by atomic mass is 10.4. The van der Waals surface area contributed by atoms with Gasteiger partial charge >= 0.3 is 5.97 Å². The molecule has 1 aliphatic heterocycles. The minimum Gasteiger partial charge on any atom is -0.465 e. The number of rotatable bonds is 3. The van der Waals surface area contributed by atoms with Gasteiger partial charge in [-0.1, -0.05) is 0 Å². The van der Waals surface area contributed by atoms with Crippen LogP contribution >= 0.6 is 0 Å². The molecule has 0 aromatic carbocycles. The van der Waals surface area contributed by atoms with Crippen LogP contribution in [0.1, 0.15) is 13.3 Å². The number of ether oxygens (including phenoxy) is 2. The van der Waals surface area contributed by atoms with Crippen LogP contribution in [0.4, 0.5) is 0 Å². The Morgan fingerprint density at radius 1 is 1.46 bits per heavy atom. The van der Waals surface area contributed by atoms with Crippen molar-refractivity contribution in [2.24, 2.45) is 0 Å². The number of nitrogens with zero attached hydrogens (tertiary/aromatic N) is 1. The standard InChI is InChI=1S/C9H17NO3/c1-2-13-9(11)8-10-4-3-6-12-7-5-10/h2-8H2,1H3. The third-order valence-electron chi connectivity index (χ3n) is 1.97. The van der Waals surface area contributed by atoms with Crippen molar-refractivity contribution in [3.8, 4) is 0 Å². The molecule has 0 amide bonds. The summed E-state index contributed by atoms with van der Waals surface area (Å²) in [6, 6.07) is 0. The average molecular weight is 187 g/mol. The van der Waals surface area contributed by atoms with Crippen LogP contribution in [0.15, 0.2) is 0 Å². The first-order valence-corrected chi connectivity index (χ1v) is 4.78. The van der Waals surface area contributed by atoms with Crippen LogP contribution in [0.25, 0.3) is 0 Å². The van der Waals surface area contributed by atoms with Gasteiger partial charge in [-0.2, -0.15) is 0 Å². The predicted molar refractivity (Wildman–Crippen MR) is 48.5 cm³/mol. The third kappa shape index (κ3) is 4.24. The topological polar surface area (TPSA) is 38.8 Å². The summed E-state index contributed by atoms with van der Waals surface area (Å²) in [4.78, 5) is 13.2. The average Bonchev–Trinajstić information content (AvgIpc) is 2.33. The Labute approximate surface area is 78.8 Å². The molecule has 4 heteroatoms. The minimum absolute atomic E-state index is 0.135. The highest BCUT2D eigenvalue weighted by molar-refractivity contribution is 5.71. The summed E-state index contributed by atoms with van der Waals surface area (Å²) in [5.74, 6) is -0.135. The maximum atomic E-state index is 11.1. The van der Waals surface area contributed by atoms with Gasteiger partial charge in [-0.25, -0.2) is 0 Å². The Kier molecular flexibility index (Phi) is 4.78. The van der Waals surface area contributed by atoms with Crippen LogP contribution in [-0.2, 0) is 14.3 Å². The zero-order valence-corrected chi connectivity index (χ0v) is 8.12. The monoisotopic (exact) mass is 187 g/mol. The van der Waals surface area contributed by atoms with Crippen molar-refractivity contribution >= 4 is 5.97 Å². The molecule has 76 valence electrons. The minimum atomic E-state index is -0.135. The van der Waals surface area contributed by atoms with Crippen molar-refractivity contribution in [3.05, 3.63) is 0 Å². The van der Waals surface area contributed by atoms with Crippen LogP contribution in [0, 0.1) is 0 Å². The van der Waals surface area contributed by atoms with Crippen molar-refractivity contribution in [1.82, 2.24) is 4.90 Å². The lowest BCUT2D eigenvalue weighted by molar-refractivity contribution is -0.144. The van der Waals surface area contributed by atoms with Crippen LogP contribution in [0.2, 0.25) is 0 Å². The van der Waals surface area contributed by atoms with Gasteiger partial charge in [-0.3, -0.25) is 9.69 Å². The van der Waals surface area contributed by atoms with Gasteiger partial charge in [0.1, 0.15) is 0 Å². The molecular weight excluding hydrogens is 170 g/mol. The maximum Gasteiger partial charge on any atom is 0.320 e. The molecule has 1 aliphatic rings. The molecule has 0 aromatic heterocycles. The lowest BCUT2D eigenvalue weighted by Gasteiger charge is -2.17. The first-order valence-electron chi connectivity index (χ1n) is 4.78. The van der Waals surface area contributed by atoms with E-state index in [4.69, 9.17) is 9.47 Å². The zero-order chi connectivity index (χ0) is 9.52. The number of hydrogen-bond donors (Lipinski definition) is 0. The van der Waals surface area contributed by atoms with Gasteiger partial charge in [-0.15, -0.1) is 0 Å². The van der Waals surface area contributed by atoms with Gasteiger partial charge in [0.25, 0.3) is 0 Å². The normalized spacial score (nSPS) is 19.5. The largest absolute Gasteiger partial charge is 0.465 e. The molecule has 4 nitrogen and oxygen atoms in total. The Morgan fingerprint density at radius 2 is 2.31 bits per heavy atom. The van der Waals surface area contributed by atoms with Gasteiger partial charge in [-0.05, 0) is 13.3 Å². The zero-order valence-electron chi connectivity index (χ0n) is 8.12. The molecule has 13 heavy (non-hydrogen) atoms. The molecule has 1 fully saturated rings. The van der Waals surface area contributed by atoms with E-state index in [1.54, 1.807) is 0 Å². The fourth-order valence-electron chi connectivity index (χ4n) is 1.35. The molecule has 0 N–H and O–H groups in total. The van der Waals surface area contributed by atoms with E-state index in [-0.39, 0.29) is 5.97 Å². The highest BCUT2D eigenvalue weighted by Gasteiger charge is 2.13. The van der Waals surface area contributed by atoms with Crippen LogP contribution in [-0.4, -0.2) is 50.3 Å². The second-order valence-corrected chi connectivity index (χ2v) is 3.05. The third-order valence-corrected chi connectivity index (χ3v) is 1.97. The van der Waals surface area contributed by atoms with Crippen molar-refractivity contribution in [3.63, 3.8) is 0 Å². The SMILES string of the molecule is CCOC(=O)CN1CCCOCC1. The number of carbonyl (C=O) groups is 1. The van der Waals surface area contributed by atoms with Crippen molar-refractivity contribution in [2.45, 2.75) is 13.3 Å². The molecule has 0 spiro atoms. The van der Waals surface area contributed by atoms with Gasteiger partial charge in [0.15, 0.2) is 0 Å². The van der Waals surface area contributed by atoms with Crippen LogP contribution < -0.4 is 0 Å². The van der Waals surface area contributed by atoms with E-state index in [1.165, 1.54) is 0 Å². The molecular formula is C9H17NO3. The van der Waals surface area contributed by atoms with Gasteiger partial charge < -0.3 is 9.47 Å². The van der Waals surface area contributed by atoms with E-state index in [0.717, 1.165) is 32.7 Å². The maximum absolute atomic E-state index is 11.1. The second kappa shape index (κ2) is 5.94. The highest BCUT2D eigenvalue weighted by Crippen LogP contribution is 1.98. The summed E-state index contributed by atoms with van der Waals surface area (Å²) in [6.07, 6.45) is 0.999. The molecule has 1 saturated heterocycles. The molecule has 0 aliphatic carbocycles. The first-order chi connectivity index (χ1) is 6.33. The molecule has 0 saturated carbocycles. The predicted octanol–water partition coefficient (Wildman–Crippen LogP) is 0.272. The molecule has 0 atom stereocenters. The molecule has 1 heterocycles. The molecule has 1 rings (SSSR count). The van der Waals surface area contributed by atoms with Gasteiger partial charge in [0, 0.05) is 19.7 Å². The van der Waals surface area contributed by atoms with Crippen molar-refractivity contribution in [2.75, 3.05) is 39.5 Å². The van der Waals surface area contributed by atoms with Crippen molar-refractivity contribution in [1.29, 1.82) is 0 Å². The summed E-state index contributed by atoms with van der Waals surface area (Å²) in [6.45, 7) is 5.97. The Balaban J connectivity index is 2.21. The quantitative estimate of drug-likeness (QED) is 0.595. The van der Waals surface area contributed by atoms with Crippen molar-refractivity contribution < 1.29 is 14.3 Å². The Hall–Kier alpha value is -0.610. The summed E-state index contributed by atoms with van der Waals surface area (Å²) in [5.41, 5.74) is 0. The molecule has 0 radical (unpaired) electrons. The second-order valence-electron chi connectivity index (χ2n) is 3.05. The first kappa shape index (κ1) is 10.5. The van der Waals surface area contributed by atoms with E-state index >= 15 is 0 Å². The van der Waals surface area contributed by atoms with Crippen LogP contribution in [0.3, 0.4) is 0 Å². The van der Waals surface area contributed by atoms with E-state index in [2.05, 4.69) is 4.90 Å². The molecule has 0 unspecified atom stereocenters. The Bertz CT molecular complexity index is 153. The summed E-state index contributed by atoms with van der Waals surface area (Å²) < 4.78 is 10.1. The number of hydrogen-bond acceptors (Lipinski definition) is 4.